The van der Waals surface area contributed by atoms with Gasteiger partial charge in [-0.1, -0.05) is 142 Å². The van der Waals surface area contributed by atoms with Crippen LogP contribution in [0.4, 0.5) is 0 Å². The van der Waals surface area contributed by atoms with Crippen LogP contribution in [0.5, 0.6) is 0 Å². The fourth-order valence-corrected chi connectivity index (χ4v) is 4.48. The third-order valence-electron chi connectivity index (χ3n) is 5.89. The Kier molecular flexibility index (Phi) is 34.8. The Morgan fingerprint density at radius 2 is 0.645 bits per heavy atom. The minimum absolute atomic E-state index is 0. The van der Waals surface area contributed by atoms with Crippen molar-refractivity contribution in [3.63, 3.8) is 0 Å². The monoisotopic (exact) mass is 468 g/mol. The first-order valence-corrected chi connectivity index (χ1v) is 14.6. The van der Waals surface area contributed by atoms with Crippen LogP contribution < -0.4 is 34.5 Å². The van der Waals surface area contributed by atoms with Gasteiger partial charge in [0.15, 0.2) is 0 Å². The minimum atomic E-state index is -1.91. The van der Waals surface area contributed by atoms with Gasteiger partial charge in [-0.15, -0.1) is 0 Å². The predicted octanol–water partition coefficient (Wildman–Crippen LogP) is 6.23. The molecule has 0 atom stereocenters. The summed E-state index contributed by atoms with van der Waals surface area (Å²) in [5.74, 6) is 0. The van der Waals surface area contributed by atoms with Crippen molar-refractivity contribution >= 4 is 8.60 Å². The molecule has 0 N–H and O–H groups in total. The summed E-state index contributed by atoms with van der Waals surface area (Å²) in [7, 11) is -1.91. The molecule has 5 heteroatoms. The number of hydrogen-bond acceptors (Lipinski definition) is 3. The Balaban J connectivity index is 0. The van der Waals surface area contributed by atoms with Gasteiger partial charge in [0, 0.05) is 0 Å². The van der Waals surface area contributed by atoms with E-state index in [0.717, 1.165) is 12.8 Å². The summed E-state index contributed by atoms with van der Waals surface area (Å²) in [5.41, 5.74) is 0. The molecule has 3 nitrogen and oxygen atoms in total. The van der Waals surface area contributed by atoms with E-state index in [4.69, 9.17) is 9.05 Å². The Morgan fingerprint density at radius 1 is 0.419 bits per heavy atom. The zero-order valence-corrected chi connectivity index (χ0v) is 24.5. The van der Waals surface area contributed by atoms with Crippen LogP contribution >= 0.6 is 8.60 Å². The molecular formula is C26H54NaO3P. The standard InChI is InChI=1S/C26H54O3P.Na/c1-3-5-7-9-11-13-15-17-19-21-23-25-28-30(27)29-26-24-22-20-18-16-14-12-10-8-6-4-2;/h3-26H2,1-2H3;/q-1;+1. The van der Waals surface area contributed by atoms with Crippen molar-refractivity contribution in [3.8, 4) is 0 Å². The largest absolute Gasteiger partial charge is 1.00 e. The SMILES string of the molecule is CCCCCCCCCCCCCOP([O-])OCCCCCCCCCCCCC.[Na+]. The maximum Gasteiger partial charge on any atom is 1.00 e. The van der Waals surface area contributed by atoms with Crippen LogP contribution in [-0.2, 0) is 9.05 Å². The van der Waals surface area contributed by atoms with Gasteiger partial charge in [-0.2, -0.15) is 0 Å². The van der Waals surface area contributed by atoms with Gasteiger partial charge >= 0.3 is 29.6 Å². The maximum absolute atomic E-state index is 11.7. The second-order valence-corrected chi connectivity index (χ2v) is 9.92. The molecule has 0 heterocycles. The van der Waals surface area contributed by atoms with Crippen molar-refractivity contribution in [3.05, 3.63) is 0 Å². The van der Waals surface area contributed by atoms with Gasteiger partial charge in [0.2, 0.25) is 0 Å². The van der Waals surface area contributed by atoms with Crippen LogP contribution in [-0.4, -0.2) is 13.2 Å². The molecule has 0 bridgehead atoms. The van der Waals surface area contributed by atoms with Gasteiger partial charge in [-0.05, 0) is 12.8 Å². The topological polar surface area (TPSA) is 41.5 Å². The number of rotatable bonds is 26. The second-order valence-electron chi connectivity index (χ2n) is 8.96. The Labute approximate surface area is 219 Å². The molecule has 0 radical (unpaired) electrons. The van der Waals surface area contributed by atoms with E-state index >= 15 is 0 Å². The summed E-state index contributed by atoms with van der Waals surface area (Å²) in [6, 6.07) is 0. The van der Waals surface area contributed by atoms with Gasteiger partial charge in [-0.25, -0.2) is 0 Å². The quantitative estimate of drug-likeness (QED) is 0.0858. The van der Waals surface area contributed by atoms with E-state index in [1.807, 2.05) is 0 Å². The van der Waals surface area contributed by atoms with Crippen molar-refractivity contribution in [2.24, 2.45) is 0 Å². The predicted molar refractivity (Wildman–Crippen MR) is 132 cm³/mol. The molecule has 0 aromatic rings. The Hall–Kier alpha value is 1.31. The van der Waals surface area contributed by atoms with Gasteiger partial charge in [0.25, 0.3) is 0 Å². The molecule has 182 valence electrons. The third-order valence-corrected chi connectivity index (χ3v) is 6.68. The average molecular weight is 469 g/mol. The molecule has 0 rings (SSSR count). The van der Waals surface area contributed by atoms with Gasteiger partial charge in [-0.3, -0.25) is 0 Å². The molecular weight excluding hydrogens is 414 g/mol. The van der Waals surface area contributed by atoms with Gasteiger partial charge < -0.3 is 13.9 Å². The summed E-state index contributed by atoms with van der Waals surface area (Å²) >= 11 is 0. The van der Waals surface area contributed by atoms with E-state index in [-0.39, 0.29) is 29.6 Å². The van der Waals surface area contributed by atoms with E-state index in [0.29, 0.717) is 13.2 Å². The number of hydrogen-bond donors (Lipinski definition) is 0. The summed E-state index contributed by atoms with van der Waals surface area (Å²) in [4.78, 5) is 11.7. The first kappa shape index (κ1) is 34.5. The van der Waals surface area contributed by atoms with Crippen molar-refractivity contribution in [2.75, 3.05) is 13.2 Å². The Morgan fingerprint density at radius 3 is 0.903 bits per heavy atom. The third kappa shape index (κ3) is 31.3. The summed E-state index contributed by atoms with van der Waals surface area (Å²) in [6.07, 6.45) is 29.0. The molecule has 0 fully saturated rings. The van der Waals surface area contributed by atoms with Crippen molar-refractivity contribution in [2.45, 2.75) is 155 Å². The van der Waals surface area contributed by atoms with E-state index in [1.165, 1.54) is 128 Å². The van der Waals surface area contributed by atoms with Crippen molar-refractivity contribution in [1.82, 2.24) is 0 Å². The summed E-state index contributed by atoms with van der Waals surface area (Å²) in [6.45, 7) is 5.69. The van der Waals surface area contributed by atoms with Crippen LogP contribution in [0.3, 0.4) is 0 Å². The van der Waals surface area contributed by atoms with E-state index in [9.17, 15) is 4.89 Å². The fraction of sp³-hybridized carbons (Fsp3) is 1.00. The average Bonchev–Trinajstić information content (AvgIpc) is 2.75. The molecule has 0 saturated heterocycles. The smallest absolute Gasteiger partial charge is 0.786 e. The van der Waals surface area contributed by atoms with E-state index < -0.39 is 8.60 Å². The van der Waals surface area contributed by atoms with Crippen LogP contribution in [0, 0.1) is 0 Å². The minimum Gasteiger partial charge on any atom is -0.786 e. The van der Waals surface area contributed by atoms with E-state index in [1.54, 1.807) is 0 Å². The zero-order valence-electron chi connectivity index (χ0n) is 21.6. The van der Waals surface area contributed by atoms with Crippen LogP contribution in [0.15, 0.2) is 0 Å². The summed E-state index contributed by atoms with van der Waals surface area (Å²) < 4.78 is 10.6. The molecule has 0 aromatic carbocycles. The van der Waals surface area contributed by atoms with Crippen molar-refractivity contribution < 1.29 is 43.5 Å². The summed E-state index contributed by atoms with van der Waals surface area (Å²) in [5, 5.41) is 0. The van der Waals surface area contributed by atoms with E-state index in [2.05, 4.69) is 13.8 Å². The molecule has 0 aliphatic rings. The van der Waals surface area contributed by atoms with Crippen LogP contribution in [0.1, 0.15) is 155 Å². The molecule has 0 spiro atoms. The zero-order chi connectivity index (χ0) is 22.0. The van der Waals surface area contributed by atoms with Crippen LogP contribution in [0.2, 0.25) is 0 Å². The first-order valence-electron chi connectivity index (χ1n) is 13.5. The molecule has 0 aliphatic heterocycles. The second kappa shape index (κ2) is 31.3. The normalized spacial score (nSPS) is 11.2. The Bertz CT molecular complexity index is 280. The molecule has 0 aromatic heterocycles. The number of unbranched alkanes of at least 4 members (excludes halogenated alkanes) is 20. The van der Waals surface area contributed by atoms with Gasteiger partial charge in [0.05, 0.1) is 21.8 Å². The first-order chi connectivity index (χ1) is 14.8. The van der Waals surface area contributed by atoms with Crippen molar-refractivity contribution in [1.29, 1.82) is 0 Å². The molecule has 31 heavy (non-hydrogen) atoms. The molecule has 0 unspecified atom stereocenters. The van der Waals surface area contributed by atoms with Crippen LogP contribution in [0.25, 0.3) is 0 Å². The molecule has 0 amide bonds. The maximum atomic E-state index is 11.7. The van der Waals surface area contributed by atoms with Gasteiger partial charge in [0.1, 0.15) is 0 Å². The fourth-order valence-electron chi connectivity index (χ4n) is 3.85. The molecule has 0 saturated carbocycles. The molecule has 0 aliphatic carbocycles.